The Bertz CT molecular complexity index is 726. The van der Waals surface area contributed by atoms with Gasteiger partial charge in [0.25, 0.3) is 0 Å². The van der Waals surface area contributed by atoms with E-state index in [1.807, 2.05) is 24.3 Å². The molecule has 2 aromatic carbocycles. The van der Waals surface area contributed by atoms with Crippen LogP contribution in [0.2, 0.25) is 10.0 Å². The van der Waals surface area contributed by atoms with E-state index in [1.165, 1.54) is 7.11 Å². The lowest BCUT2D eigenvalue weighted by molar-refractivity contribution is 0.0973. The molecule has 0 aromatic heterocycles. The van der Waals surface area contributed by atoms with Gasteiger partial charge in [0, 0.05) is 10.0 Å². The Kier molecular flexibility index (Phi) is 4.00. The summed E-state index contributed by atoms with van der Waals surface area (Å²) in [7, 11) is 1.53. The number of hydrogen-bond donors (Lipinski definition) is 0. The number of fused-ring (bicyclic) bond motifs is 1. The van der Waals surface area contributed by atoms with E-state index in [-0.39, 0.29) is 16.7 Å². The van der Waals surface area contributed by atoms with Gasteiger partial charge in [0.2, 0.25) is 0 Å². The summed E-state index contributed by atoms with van der Waals surface area (Å²) in [5.74, 6) is 0.306. The van der Waals surface area contributed by atoms with Crippen LogP contribution < -0.4 is 4.74 Å². The fourth-order valence-corrected chi connectivity index (χ4v) is 3.48. The van der Waals surface area contributed by atoms with Gasteiger partial charge in [0.15, 0.2) is 5.78 Å². The minimum atomic E-state index is -0.214. The van der Waals surface area contributed by atoms with Crippen molar-refractivity contribution in [2.24, 2.45) is 0 Å². The highest BCUT2D eigenvalue weighted by Gasteiger charge is 2.35. The van der Waals surface area contributed by atoms with Crippen molar-refractivity contribution >= 4 is 44.9 Å². The van der Waals surface area contributed by atoms with Crippen molar-refractivity contribution < 1.29 is 9.53 Å². The molecule has 0 spiro atoms. The quantitative estimate of drug-likeness (QED) is 0.702. The third kappa shape index (κ3) is 2.48. The van der Waals surface area contributed by atoms with Crippen LogP contribution in [0.25, 0.3) is 0 Å². The van der Waals surface area contributed by atoms with Crippen LogP contribution in [0.15, 0.2) is 34.8 Å². The third-order valence-electron chi connectivity index (χ3n) is 3.73. The van der Waals surface area contributed by atoms with Gasteiger partial charge in [0.05, 0.1) is 18.1 Å². The maximum absolute atomic E-state index is 12.7. The normalized spacial score (nSPS) is 17.0. The Labute approximate surface area is 141 Å². The molecule has 2 aromatic rings. The van der Waals surface area contributed by atoms with E-state index in [9.17, 15) is 4.79 Å². The SMILES string of the molecule is COc1cc2c(c(Cl)c1Cl)C(=O)C(c1ccc(Br)cc1)C2. The molecule has 0 saturated carbocycles. The molecular weight excluding hydrogens is 375 g/mol. The van der Waals surface area contributed by atoms with E-state index in [0.717, 1.165) is 15.6 Å². The van der Waals surface area contributed by atoms with E-state index < -0.39 is 0 Å². The van der Waals surface area contributed by atoms with E-state index in [2.05, 4.69) is 15.9 Å². The van der Waals surface area contributed by atoms with E-state index in [4.69, 9.17) is 27.9 Å². The van der Waals surface area contributed by atoms with E-state index >= 15 is 0 Å². The second-order valence-corrected chi connectivity index (χ2v) is 6.59. The van der Waals surface area contributed by atoms with Crippen molar-refractivity contribution in [2.45, 2.75) is 12.3 Å². The first-order valence-corrected chi connectivity index (χ1v) is 7.92. The first-order valence-electron chi connectivity index (χ1n) is 6.37. The lowest BCUT2D eigenvalue weighted by Crippen LogP contribution is -2.07. The van der Waals surface area contributed by atoms with E-state index in [0.29, 0.717) is 22.8 Å². The number of hydrogen-bond acceptors (Lipinski definition) is 2. The van der Waals surface area contributed by atoms with Crippen LogP contribution in [-0.2, 0) is 6.42 Å². The standard InChI is InChI=1S/C16H11BrCl2O2/c1-21-12-7-9-6-11(8-2-4-10(17)5-3-8)16(20)13(9)15(19)14(12)18/h2-5,7,11H,6H2,1H3. The maximum atomic E-state index is 12.7. The van der Waals surface area contributed by atoms with E-state index in [1.54, 1.807) is 6.07 Å². The van der Waals surface area contributed by atoms with Crippen LogP contribution in [0, 0.1) is 0 Å². The zero-order valence-corrected chi connectivity index (χ0v) is 14.2. The van der Waals surface area contributed by atoms with Crippen molar-refractivity contribution in [3.8, 4) is 5.75 Å². The predicted molar refractivity (Wildman–Crippen MR) is 87.9 cm³/mol. The molecule has 108 valence electrons. The molecule has 0 amide bonds. The first-order chi connectivity index (χ1) is 10.0. The highest BCUT2D eigenvalue weighted by Crippen LogP contribution is 2.44. The molecule has 1 aliphatic rings. The fourth-order valence-electron chi connectivity index (χ4n) is 2.68. The Morgan fingerprint density at radius 3 is 2.48 bits per heavy atom. The number of methoxy groups -OCH3 is 1. The molecule has 0 radical (unpaired) electrons. The monoisotopic (exact) mass is 384 g/mol. The van der Waals surface area contributed by atoms with Crippen LogP contribution in [0.3, 0.4) is 0 Å². The van der Waals surface area contributed by atoms with Crippen molar-refractivity contribution in [2.75, 3.05) is 7.11 Å². The largest absolute Gasteiger partial charge is 0.495 e. The summed E-state index contributed by atoms with van der Waals surface area (Å²) < 4.78 is 6.19. The van der Waals surface area contributed by atoms with Gasteiger partial charge in [-0.05, 0) is 35.7 Å². The van der Waals surface area contributed by atoms with Gasteiger partial charge >= 0.3 is 0 Å². The predicted octanol–water partition coefficient (Wildman–Crippen LogP) is 5.29. The van der Waals surface area contributed by atoms with Crippen molar-refractivity contribution in [1.82, 2.24) is 0 Å². The van der Waals surface area contributed by atoms with Crippen molar-refractivity contribution in [3.05, 3.63) is 61.5 Å². The molecular formula is C16H11BrCl2O2. The van der Waals surface area contributed by atoms with Crippen LogP contribution in [0.5, 0.6) is 5.75 Å². The first kappa shape index (κ1) is 14.9. The van der Waals surface area contributed by atoms with Gasteiger partial charge < -0.3 is 4.74 Å². The second-order valence-electron chi connectivity index (χ2n) is 4.91. The molecule has 0 heterocycles. The van der Waals surface area contributed by atoms with Gasteiger partial charge in [-0.15, -0.1) is 0 Å². The highest BCUT2D eigenvalue weighted by molar-refractivity contribution is 9.10. The van der Waals surface area contributed by atoms with Crippen LogP contribution in [0.4, 0.5) is 0 Å². The molecule has 0 fully saturated rings. The fraction of sp³-hybridized carbons (Fsp3) is 0.188. The number of benzene rings is 2. The van der Waals surface area contributed by atoms with Gasteiger partial charge in [-0.25, -0.2) is 0 Å². The number of halogens is 3. The molecule has 5 heteroatoms. The van der Waals surface area contributed by atoms with Gasteiger partial charge in [-0.3, -0.25) is 4.79 Å². The minimum Gasteiger partial charge on any atom is -0.495 e. The Morgan fingerprint density at radius 2 is 1.86 bits per heavy atom. The highest BCUT2D eigenvalue weighted by atomic mass is 79.9. The maximum Gasteiger partial charge on any atom is 0.172 e. The second kappa shape index (κ2) is 5.64. The molecule has 0 saturated heterocycles. The van der Waals surface area contributed by atoms with Gasteiger partial charge in [0.1, 0.15) is 10.8 Å². The van der Waals surface area contributed by atoms with Crippen LogP contribution in [0.1, 0.15) is 27.4 Å². The molecule has 3 rings (SSSR count). The number of ketones is 1. The Hall–Kier alpha value is -1.03. The number of ether oxygens (including phenoxy) is 1. The average molecular weight is 386 g/mol. The molecule has 21 heavy (non-hydrogen) atoms. The zero-order chi connectivity index (χ0) is 15.1. The molecule has 0 N–H and O–H groups in total. The summed E-state index contributed by atoms with van der Waals surface area (Å²) in [5, 5.41) is 0.582. The summed E-state index contributed by atoms with van der Waals surface area (Å²) in [4.78, 5) is 12.7. The third-order valence-corrected chi connectivity index (χ3v) is 5.11. The molecule has 2 nitrogen and oxygen atoms in total. The van der Waals surface area contributed by atoms with Gasteiger partial charge in [-0.1, -0.05) is 51.3 Å². The smallest absolute Gasteiger partial charge is 0.172 e. The summed E-state index contributed by atoms with van der Waals surface area (Å²) in [6.45, 7) is 0. The van der Waals surface area contributed by atoms with Crippen molar-refractivity contribution in [3.63, 3.8) is 0 Å². The molecule has 0 bridgehead atoms. The van der Waals surface area contributed by atoms with Gasteiger partial charge in [-0.2, -0.15) is 0 Å². The summed E-state index contributed by atoms with van der Waals surface area (Å²) >= 11 is 15.8. The minimum absolute atomic E-state index is 0.0156. The number of rotatable bonds is 2. The average Bonchev–Trinajstić information content (AvgIpc) is 2.81. The number of carbonyl (C=O) groups is 1. The summed E-state index contributed by atoms with van der Waals surface area (Å²) in [6.07, 6.45) is 0.614. The lowest BCUT2D eigenvalue weighted by Gasteiger charge is -2.09. The van der Waals surface area contributed by atoms with Crippen LogP contribution in [-0.4, -0.2) is 12.9 Å². The zero-order valence-electron chi connectivity index (χ0n) is 11.1. The lowest BCUT2D eigenvalue weighted by atomic mass is 9.95. The molecule has 1 aliphatic carbocycles. The number of Topliss-reactive ketones (excluding diaryl/α,β-unsaturated/α-hetero) is 1. The Morgan fingerprint density at radius 1 is 1.19 bits per heavy atom. The molecule has 0 aliphatic heterocycles. The van der Waals surface area contributed by atoms with Crippen LogP contribution >= 0.6 is 39.1 Å². The summed E-state index contributed by atoms with van der Waals surface area (Å²) in [5.41, 5.74) is 2.39. The molecule has 1 atom stereocenters. The summed E-state index contributed by atoms with van der Waals surface area (Å²) in [6, 6.07) is 9.57. The Balaban J connectivity index is 2.06. The van der Waals surface area contributed by atoms with Crippen molar-refractivity contribution in [1.29, 1.82) is 0 Å². The topological polar surface area (TPSA) is 26.3 Å². The molecule has 1 unspecified atom stereocenters. The number of carbonyl (C=O) groups excluding carboxylic acids is 1.